The van der Waals surface area contributed by atoms with Crippen LogP contribution in [0.4, 0.5) is 23.2 Å². The van der Waals surface area contributed by atoms with Gasteiger partial charge in [0.1, 0.15) is 11.4 Å². The van der Waals surface area contributed by atoms with Crippen LogP contribution in [-0.4, -0.2) is 27.2 Å². The van der Waals surface area contributed by atoms with Crippen molar-refractivity contribution in [3.8, 4) is 22.8 Å². The first kappa shape index (κ1) is 21.2. The number of aromatic hydroxyl groups is 1. The largest absolute Gasteiger partial charge is 0.573 e. The molecule has 0 fully saturated rings. The number of ether oxygens (including phenoxy) is 1. The summed E-state index contributed by atoms with van der Waals surface area (Å²) in [7, 11) is 1.66. The number of para-hydroxylation sites is 1. The van der Waals surface area contributed by atoms with E-state index >= 15 is 0 Å². The molecule has 164 valence electrons. The summed E-state index contributed by atoms with van der Waals surface area (Å²) in [6, 6.07) is 13.8. The van der Waals surface area contributed by atoms with Gasteiger partial charge in [0.25, 0.3) is 5.91 Å². The minimum absolute atomic E-state index is 0.0676. The van der Waals surface area contributed by atoms with Crippen molar-refractivity contribution in [3.63, 3.8) is 0 Å². The first-order chi connectivity index (χ1) is 15.1. The summed E-state index contributed by atoms with van der Waals surface area (Å²) in [5.74, 6) is -2.44. The van der Waals surface area contributed by atoms with Gasteiger partial charge in [0.15, 0.2) is 11.6 Å². The van der Waals surface area contributed by atoms with Crippen LogP contribution in [0.3, 0.4) is 0 Å². The van der Waals surface area contributed by atoms with Crippen LogP contribution in [0.5, 0.6) is 11.5 Å². The van der Waals surface area contributed by atoms with E-state index in [0.717, 1.165) is 6.07 Å². The molecule has 32 heavy (non-hydrogen) atoms. The van der Waals surface area contributed by atoms with Crippen LogP contribution in [0.15, 0.2) is 60.7 Å². The Morgan fingerprint density at radius 2 is 1.81 bits per heavy atom. The Hall–Kier alpha value is -4.08. The van der Waals surface area contributed by atoms with Gasteiger partial charge in [-0.3, -0.25) is 9.48 Å². The second-order valence-electron chi connectivity index (χ2n) is 6.87. The van der Waals surface area contributed by atoms with E-state index in [0.29, 0.717) is 22.2 Å². The Morgan fingerprint density at radius 1 is 1.09 bits per heavy atom. The zero-order valence-electron chi connectivity index (χ0n) is 16.4. The molecule has 0 unspecified atom stereocenters. The lowest BCUT2D eigenvalue weighted by molar-refractivity contribution is -0.274. The minimum atomic E-state index is -4.78. The maximum Gasteiger partial charge on any atom is 0.573 e. The van der Waals surface area contributed by atoms with Gasteiger partial charge in [0, 0.05) is 23.6 Å². The second-order valence-corrected chi connectivity index (χ2v) is 6.87. The molecule has 0 aliphatic rings. The molecule has 0 spiro atoms. The van der Waals surface area contributed by atoms with Gasteiger partial charge < -0.3 is 15.2 Å². The minimum Gasteiger partial charge on any atom is -0.503 e. The summed E-state index contributed by atoms with van der Waals surface area (Å²) in [5.41, 5.74) is 1.83. The Bertz CT molecular complexity index is 1310. The third-order valence-corrected chi connectivity index (χ3v) is 4.71. The van der Waals surface area contributed by atoms with Crippen LogP contribution < -0.4 is 10.1 Å². The molecule has 0 saturated carbocycles. The molecule has 1 aromatic heterocycles. The van der Waals surface area contributed by atoms with Crippen LogP contribution in [0.1, 0.15) is 10.4 Å². The number of phenols is 1. The summed E-state index contributed by atoms with van der Waals surface area (Å²) < 4.78 is 56.0. The highest BCUT2D eigenvalue weighted by Gasteiger charge is 2.31. The summed E-state index contributed by atoms with van der Waals surface area (Å²) in [4.78, 5) is 12.6. The van der Waals surface area contributed by atoms with Crippen LogP contribution in [0.2, 0.25) is 0 Å². The van der Waals surface area contributed by atoms with Gasteiger partial charge in [-0.15, -0.1) is 13.2 Å². The fraction of sp³-hybridized carbons (Fsp3) is 0.0909. The summed E-state index contributed by atoms with van der Waals surface area (Å²) in [6.07, 6.45) is -4.78. The highest BCUT2D eigenvalue weighted by Crippen LogP contribution is 2.31. The molecule has 0 radical (unpaired) electrons. The van der Waals surface area contributed by atoms with Crippen molar-refractivity contribution in [1.29, 1.82) is 0 Å². The van der Waals surface area contributed by atoms with Crippen molar-refractivity contribution in [1.82, 2.24) is 9.78 Å². The molecule has 10 heteroatoms. The number of anilines is 1. The number of alkyl halides is 3. The van der Waals surface area contributed by atoms with Crippen molar-refractivity contribution in [3.05, 3.63) is 72.0 Å². The highest BCUT2D eigenvalue weighted by molar-refractivity contribution is 6.07. The van der Waals surface area contributed by atoms with Gasteiger partial charge in [-0.05, 0) is 54.6 Å². The van der Waals surface area contributed by atoms with Gasteiger partial charge in [0.05, 0.1) is 11.2 Å². The molecular formula is C22H15F4N3O3. The maximum atomic E-state index is 13.5. The molecule has 0 atom stereocenters. The fourth-order valence-corrected chi connectivity index (χ4v) is 3.24. The van der Waals surface area contributed by atoms with Crippen molar-refractivity contribution >= 4 is 22.5 Å². The number of phenolic OH excluding ortho intramolecular Hbond substituents is 1. The average Bonchev–Trinajstić information content (AvgIpc) is 3.07. The van der Waals surface area contributed by atoms with Crippen molar-refractivity contribution in [2.75, 3.05) is 5.32 Å². The van der Waals surface area contributed by atoms with Crippen LogP contribution in [0.25, 0.3) is 22.2 Å². The average molecular weight is 445 g/mol. The SMILES string of the molecule is Cn1nc(-c2ccc(OC(F)(F)F)cc2)c2ccc(C(=O)Nc3cccc(F)c3O)cc21. The van der Waals surface area contributed by atoms with E-state index < -0.39 is 23.8 Å². The zero-order valence-corrected chi connectivity index (χ0v) is 16.4. The lowest BCUT2D eigenvalue weighted by atomic mass is 10.1. The van der Waals surface area contributed by atoms with Crippen LogP contribution >= 0.6 is 0 Å². The van der Waals surface area contributed by atoms with Crippen molar-refractivity contribution in [2.45, 2.75) is 6.36 Å². The fourth-order valence-electron chi connectivity index (χ4n) is 3.24. The van der Waals surface area contributed by atoms with Crippen LogP contribution in [-0.2, 0) is 7.05 Å². The summed E-state index contributed by atoms with van der Waals surface area (Å²) in [6.45, 7) is 0. The maximum absolute atomic E-state index is 13.5. The molecule has 1 amide bonds. The van der Waals surface area contributed by atoms with Gasteiger partial charge in [-0.1, -0.05) is 6.07 Å². The van der Waals surface area contributed by atoms with E-state index in [2.05, 4.69) is 15.2 Å². The van der Waals surface area contributed by atoms with E-state index in [4.69, 9.17) is 0 Å². The number of aromatic nitrogens is 2. The molecule has 0 aliphatic heterocycles. The van der Waals surface area contributed by atoms with Gasteiger partial charge >= 0.3 is 6.36 Å². The summed E-state index contributed by atoms with van der Waals surface area (Å²) in [5, 5.41) is 17.3. The molecule has 2 N–H and O–H groups in total. The number of hydrogen-bond donors (Lipinski definition) is 2. The molecule has 6 nitrogen and oxygen atoms in total. The number of halogens is 4. The Balaban J connectivity index is 1.63. The van der Waals surface area contributed by atoms with Gasteiger partial charge in [-0.25, -0.2) is 4.39 Å². The van der Waals surface area contributed by atoms with Gasteiger partial charge in [0.2, 0.25) is 0 Å². The number of carbonyl (C=O) groups is 1. The Kier molecular flexibility index (Phi) is 5.21. The molecule has 0 bridgehead atoms. The number of carbonyl (C=O) groups excluding carboxylic acids is 1. The van der Waals surface area contributed by atoms with E-state index in [-0.39, 0.29) is 17.0 Å². The predicted octanol–water partition coefficient (Wildman–Crippen LogP) is 5.24. The number of fused-ring (bicyclic) bond motifs is 1. The topological polar surface area (TPSA) is 76.4 Å². The number of benzene rings is 3. The lowest BCUT2D eigenvalue weighted by Crippen LogP contribution is -2.16. The number of hydrogen-bond acceptors (Lipinski definition) is 4. The first-order valence-electron chi connectivity index (χ1n) is 9.24. The molecule has 1 heterocycles. The number of rotatable bonds is 4. The first-order valence-corrected chi connectivity index (χ1v) is 9.24. The predicted molar refractivity (Wildman–Crippen MR) is 109 cm³/mol. The molecule has 3 aromatic carbocycles. The summed E-state index contributed by atoms with van der Waals surface area (Å²) >= 11 is 0. The lowest BCUT2D eigenvalue weighted by Gasteiger charge is -2.09. The highest BCUT2D eigenvalue weighted by atomic mass is 19.4. The quantitative estimate of drug-likeness (QED) is 0.333. The number of aryl methyl sites for hydroxylation is 1. The van der Waals surface area contributed by atoms with Crippen molar-refractivity contribution < 1.29 is 32.2 Å². The van der Waals surface area contributed by atoms with E-state index in [9.17, 15) is 27.5 Å². The third-order valence-electron chi connectivity index (χ3n) is 4.71. The van der Waals surface area contributed by atoms with E-state index in [1.54, 1.807) is 19.2 Å². The standard InChI is InChI=1S/C22H15F4N3O3/c1-29-18-11-13(21(31)27-17-4-2-3-16(23)20(17)30)7-10-15(18)19(28-29)12-5-8-14(9-6-12)32-22(24,25)26/h2-11,30H,1H3,(H,27,31). The number of nitrogens with one attached hydrogen (secondary N) is 1. The molecule has 0 saturated heterocycles. The zero-order chi connectivity index (χ0) is 23.0. The smallest absolute Gasteiger partial charge is 0.503 e. The Labute approximate surface area is 178 Å². The normalized spacial score (nSPS) is 11.5. The van der Waals surface area contributed by atoms with Crippen molar-refractivity contribution in [2.24, 2.45) is 7.05 Å². The molecule has 4 aromatic rings. The molecular weight excluding hydrogens is 430 g/mol. The van der Waals surface area contributed by atoms with Gasteiger partial charge in [-0.2, -0.15) is 5.10 Å². The van der Waals surface area contributed by atoms with E-state index in [1.807, 2.05) is 0 Å². The third kappa shape index (κ3) is 4.20. The monoisotopic (exact) mass is 445 g/mol. The molecule has 4 rings (SSSR count). The molecule has 0 aliphatic carbocycles. The Morgan fingerprint density at radius 3 is 2.50 bits per heavy atom. The van der Waals surface area contributed by atoms with E-state index in [1.165, 1.54) is 47.1 Å². The number of amides is 1. The second kappa shape index (κ2) is 7.88. The number of nitrogens with zero attached hydrogens (tertiary/aromatic N) is 2. The van der Waals surface area contributed by atoms with Crippen LogP contribution in [0, 0.1) is 5.82 Å².